The molecule has 2 saturated carbocycles. The van der Waals surface area contributed by atoms with Gasteiger partial charge >= 0.3 is 0 Å². The highest BCUT2D eigenvalue weighted by molar-refractivity contribution is 5.75. The van der Waals surface area contributed by atoms with Gasteiger partial charge < -0.3 is 5.32 Å². The van der Waals surface area contributed by atoms with Gasteiger partial charge in [-0.25, -0.2) is 4.68 Å². The maximum absolute atomic E-state index is 11.9. The molecule has 5 heteroatoms. The Balaban J connectivity index is 1.66. The van der Waals surface area contributed by atoms with E-state index in [1.165, 1.54) is 23.6 Å². The summed E-state index contributed by atoms with van der Waals surface area (Å²) in [6, 6.07) is 3.59. The second kappa shape index (κ2) is 5.15. The average molecular weight is 261 g/mol. The van der Waals surface area contributed by atoms with E-state index in [1.807, 2.05) is 0 Å². The summed E-state index contributed by atoms with van der Waals surface area (Å²) in [5.41, 5.74) is 0.735. The molecule has 2 fully saturated rings. The van der Waals surface area contributed by atoms with Gasteiger partial charge in [-0.1, -0.05) is 12.8 Å². The smallest absolute Gasteiger partial charge is 0.267 e. The third kappa shape index (κ3) is 3.03. The van der Waals surface area contributed by atoms with Crippen LogP contribution in [0.2, 0.25) is 0 Å². The summed E-state index contributed by atoms with van der Waals surface area (Å²) in [6.07, 6.45) is 6.74. The number of nitrogens with zero attached hydrogens (tertiary/aromatic N) is 2. The van der Waals surface area contributed by atoms with Crippen molar-refractivity contribution < 1.29 is 4.79 Å². The molecule has 5 nitrogen and oxygen atoms in total. The van der Waals surface area contributed by atoms with Gasteiger partial charge in [-0.3, -0.25) is 9.59 Å². The zero-order valence-electron chi connectivity index (χ0n) is 11.0. The van der Waals surface area contributed by atoms with Gasteiger partial charge in [0.15, 0.2) is 0 Å². The van der Waals surface area contributed by atoms with Crippen LogP contribution in [0.15, 0.2) is 16.9 Å². The monoisotopic (exact) mass is 261 g/mol. The van der Waals surface area contributed by atoms with E-state index in [0.717, 1.165) is 31.4 Å². The fraction of sp³-hybridized carbons (Fsp3) is 0.643. The van der Waals surface area contributed by atoms with E-state index >= 15 is 0 Å². The molecule has 102 valence electrons. The maximum Gasteiger partial charge on any atom is 0.267 e. The summed E-state index contributed by atoms with van der Waals surface area (Å²) in [6.45, 7) is 0.0376. The first-order valence-corrected chi connectivity index (χ1v) is 7.10. The van der Waals surface area contributed by atoms with Crippen molar-refractivity contribution >= 4 is 5.91 Å². The quantitative estimate of drug-likeness (QED) is 0.885. The van der Waals surface area contributed by atoms with E-state index in [4.69, 9.17) is 0 Å². The number of carbonyl (C=O) groups is 1. The first kappa shape index (κ1) is 12.4. The molecule has 0 unspecified atom stereocenters. The van der Waals surface area contributed by atoms with Crippen LogP contribution in [0.5, 0.6) is 0 Å². The van der Waals surface area contributed by atoms with Crippen molar-refractivity contribution in [1.29, 1.82) is 0 Å². The topological polar surface area (TPSA) is 64.0 Å². The molecule has 1 N–H and O–H groups in total. The zero-order valence-corrected chi connectivity index (χ0v) is 11.0. The fourth-order valence-electron chi connectivity index (χ4n) is 2.65. The first-order chi connectivity index (χ1) is 9.22. The molecule has 2 aliphatic rings. The molecule has 0 saturated heterocycles. The van der Waals surface area contributed by atoms with Gasteiger partial charge in [0.25, 0.3) is 5.56 Å². The van der Waals surface area contributed by atoms with Crippen LogP contribution in [-0.4, -0.2) is 21.7 Å². The SMILES string of the molecule is O=C(Cn1nc(C2CC2)ccc1=O)NC1CCCC1. The number of hydrogen-bond donors (Lipinski definition) is 1. The first-order valence-electron chi connectivity index (χ1n) is 7.10. The Morgan fingerprint density at radius 1 is 1.26 bits per heavy atom. The molecule has 0 bridgehead atoms. The van der Waals surface area contributed by atoms with Gasteiger partial charge in [0, 0.05) is 18.0 Å². The number of amides is 1. The predicted octanol–water partition coefficient (Wildman–Crippen LogP) is 1.18. The largest absolute Gasteiger partial charge is 0.352 e. The summed E-state index contributed by atoms with van der Waals surface area (Å²) in [5.74, 6) is 0.388. The van der Waals surface area contributed by atoms with Crippen molar-refractivity contribution in [3.63, 3.8) is 0 Å². The number of carbonyl (C=O) groups excluding carboxylic acids is 1. The Hall–Kier alpha value is -1.65. The lowest BCUT2D eigenvalue weighted by atomic mass is 10.2. The highest BCUT2D eigenvalue weighted by Gasteiger charge is 2.26. The van der Waals surface area contributed by atoms with Crippen LogP contribution in [0.25, 0.3) is 0 Å². The predicted molar refractivity (Wildman–Crippen MR) is 70.9 cm³/mol. The molecule has 0 aliphatic heterocycles. The van der Waals surface area contributed by atoms with E-state index < -0.39 is 0 Å². The zero-order chi connectivity index (χ0) is 13.2. The minimum Gasteiger partial charge on any atom is -0.352 e. The fourth-order valence-corrected chi connectivity index (χ4v) is 2.65. The van der Waals surface area contributed by atoms with Crippen molar-refractivity contribution in [2.75, 3.05) is 0 Å². The Labute approximate surface area is 112 Å². The Kier molecular flexibility index (Phi) is 3.36. The van der Waals surface area contributed by atoms with Crippen LogP contribution in [0.4, 0.5) is 0 Å². The van der Waals surface area contributed by atoms with Crippen LogP contribution < -0.4 is 10.9 Å². The molecular weight excluding hydrogens is 242 g/mol. The summed E-state index contributed by atoms with van der Waals surface area (Å²) >= 11 is 0. The lowest BCUT2D eigenvalue weighted by molar-refractivity contribution is -0.122. The van der Waals surface area contributed by atoms with Crippen LogP contribution in [-0.2, 0) is 11.3 Å². The van der Waals surface area contributed by atoms with E-state index in [2.05, 4.69) is 10.4 Å². The van der Waals surface area contributed by atoms with Crippen molar-refractivity contribution in [3.05, 3.63) is 28.2 Å². The molecule has 1 heterocycles. The number of hydrogen-bond acceptors (Lipinski definition) is 3. The molecule has 0 radical (unpaired) electrons. The van der Waals surface area contributed by atoms with Gasteiger partial charge in [0.05, 0.1) is 5.69 Å². The summed E-state index contributed by atoms with van der Waals surface area (Å²) in [5, 5.41) is 7.27. The average Bonchev–Trinajstić information content (AvgIpc) is 3.11. The number of aromatic nitrogens is 2. The van der Waals surface area contributed by atoms with Crippen LogP contribution in [0.3, 0.4) is 0 Å². The minimum atomic E-state index is -0.203. The lowest BCUT2D eigenvalue weighted by Gasteiger charge is -2.12. The van der Waals surface area contributed by atoms with Gasteiger partial charge in [-0.15, -0.1) is 0 Å². The standard InChI is InChI=1S/C14H19N3O2/c18-13(15-11-3-1-2-4-11)9-17-14(19)8-7-12(16-17)10-5-6-10/h7-8,10-11H,1-6,9H2,(H,15,18). The third-order valence-corrected chi connectivity index (χ3v) is 3.90. The van der Waals surface area contributed by atoms with Gasteiger partial charge in [0.1, 0.15) is 6.54 Å². The van der Waals surface area contributed by atoms with Crippen LogP contribution in [0.1, 0.15) is 50.1 Å². The second-order valence-electron chi connectivity index (χ2n) is 5.58. The van der Waals surface area contributed by atoms with E-state index in [0.29, 0.717) is 5.92 Å². The maximum atomic E-state index is 11.9. The summed E-state index contributed by atoms with van der Waals surface area (Å²) in [4.78, 5) is 23.6. The van der Waals surface area contributed by atoms with Crippen LogP contribution >= 0.6 is 0 Å². The van der Waals surface area contributed by atoms with Crippen molar-refractivity contribution in [3.8, 4) is 0 Å². The molecule has 2 aliphatic carbocycles. The highest BCUT2D eigenvalue weighted by Crippen LogP contribution is 2.38. The van der Waals surface area contributed by atoms with Crippen molar-refractivity contribution in [2.24, 2.45) is 0 Å². The Morgan fingerprint density at radius 3 is 2.68 bits per heavy atom. The van der Waals surface area contributed by atoms with E-state index in [9.17, 15) is 9.59 Å². The number of rotatable bonds is 4. The van der Waals surface area contributed by atoms with E-state index in [-0.39, 0.29) is 24.1 Å². The molecule has 0 atom stereocenters. The molecular formula is C14H19N3O2. The second-order valence-corrected chi connectivity index (χ2v) is 5.58. The molecule has 1 aromatic heterocycles. The molecule has 1 amide bonds. The lowest BCUT2D eigenvalue weighted by Crippen LogP contribution is -2.38. The van der Waals surface area contributed by atoms with Gasteiger partial charge in [-0.2, -0.15) is 5.10 Å². The molecule has 0 aromatic carbocycles. The number of nitrogens with one attached hydrogen (secondary N) is 1. The Morgan fingerprint density at radius 2 is 2.00 bits per heavy atom. The highest BCUT2D eigenvalue weighted by atomic mass is 16.2. The van der Waals surface area contributed by atoms with Crippen molar-refractivity contribution in [1.82, 2.24) is 15.1 Å². The normalized spacial score (nSPS) is 19.6. The summed E-state index contributed by atoms with van der Waals surface area (Å²) < 4.78 is 1.29. The third-order valence-electron chi connectivity index (χ3n) is 3.90. The molecule has 3 rings (SSSR count). The minimum absolute atomic E-state index is 0.0376. The van der Waals surface area contributed by atoms with Crippen LogP contribution in [0, 0.1) is 0 Å². The molecule has 1 aromatic rings. The van der Waals surface area contributed by atoms with E-state index in [1.54, 1.807) is 6.07 Å². The Bertz CT molecular complexity index is 528. The van der Waals surface area contributed by atoms with Gasteiger partial charge in [0.2, 0.25) is 5.91 Å². The van der Waals surface area contributed by atoms with Gasteiger partial charge in [-0.05, 0) is 31.7 Å². The summed E-state index contributed by atoms with van der Waals surface area (Å²) in [7, 11) is 0. The molecule has 0 spiro atoms. The molecule has 19 heavy (non-hydrogen) atoms. The van der Waals surface area contributed by atoms with Crippen molar-refractivity contribution in [2.45, 2.75) is 57.0 Å².